The number of halogens is 2. The molecule has 1 saturated heterocycles. The third-order valence-corrected chi connectivity index (χ3v) is 7.35. The maximum absolute atomic E-state index is 13.9. The molecule has 1 aromatic carbocycles. The molecule has 0 N–H and O–H groups in total. The Bertz CT molecular complexity index is 1260. The summed E-state index contributed by atoms with van der Waals surface area (Å²) in [5.74, 6) is -0.109. The van der Waals surface area contributed by atoms with Crippen molar-refractivity contribution < 1.29 is 9.53 Å². The number of hydrogen-bond acceptors (Lipinski definition) is 6. The second-order valence-electron chi connectivity index (χ2n) is 7.92. The summed E-state index contributed by atoms with van der Waals surface area (Å²) < 4.78 is 8.22. The van der Waals surface area contributed by atoms with Crippen LogP contribution in [0, 0.1) is 13.8 Å². The van der Waals surface area contributed by atoms with Crippen LogP contribution in [-0.4, -0.2) is 64.6 Å². The number of hydrogen-bond donors (Lipinski definition) is 0. The van der Waals surface area contributed by atoms with Gasteiger partial charge >= 0.3 is 0 Å². The van der Waals surface area contributed by atoms with Gasteiger partial charge in [-0.05, 0) is 37.6 Å². The Balaban J connectivity index is 0.00000259. The number of aromatic nitrogens is 3. The highest BCUT2D eigenvalue weighted by Gasteiger charge is 2.27. The smallest absolute Gasteiger partial charge is 0.279 e. The summed E-state index contributed by atoms with van der Waals surface area (Å²) in [6, 6.07) is 9.58. The van der Waals surface area contributed by atoms with E-state index < -0.39 is 0 Å². The van der Waals surface area contributed by atoms with E-state index in [2.05, 4.69) is 9.88 Å². The van der Waals surface area contributed by atoms with Crippen LogP contribution in [0.15, 0.2) is 36.5 Å². The van der Waals surface area contributed by atoms with E-state index in [4.69, 9.17) is 21.3 Å². The van der Waals surface area contributed by atoms with Crippen LogP contribution in [0.4, 0.5) is 5.13 Å². The number of benzene rings is 1. The molecule has 1 aliphatic rings. The van der Waals surface area contributed by atoms with Crippen molar-refractivity contribution in [3.63, 3.8) is 0 Å². The summed E-state index contributed by atoms with van der Waals surface area (Å²) in [5.41, 5.74) is 3.90. The number of rotatable bonds is 5. The van der Waals surface area contributed by atoms with E-state index in [9.17, 15) is 4.79 Å². The van der Waals surface area contributed by atoms with Gasteiger partial charge in [0.25, 0.3) is 5.91 Å². The van der Waals surface area contributed by atoms with E-state index >= 15 is 0 Å². The fraction of sp³-hybridized carbons (Fsp3) is 0.348. The highest BCUT2D eigenvalue weighted by Crippen LogP contribution is 2.36. The molecule has 1 amide bonds. The van der Waals surface area contributed by atoms with Crippen LogP contribution in [0.25, 0.3) is 15.9 Å². The van der Waals surface area contributed by atoms with E-state index in [-0.39, 0.29) is 18.3 Å². The van der Waals surface area contributed by atoms with Crippen LogP contribution < -0.4 is 4.90 Å². The molecule has 4 heterocycles. The molecule has 0 saturated carbocycles. The minimum atomic E-state index is -0.109. The Hall–Kier alpha value is -2.23. The quantitative estimate of drug-likeness (QED) is 0.396. The minimum Gasteiger partial charge on any atom is -0.379 e. The number of imidazole rings is 1. The largest absolute Gasteiger partial charge is 0.379 e. The molecule has 3 aromatic heterocycles. The molecular formula is C23H25Cl2N5O2S. The van der Waals surface area contributed by atoms with Crippen LogP contribution in [0.5, 0.6) is 0 Å². The highest BCUT2D eigenvalue weighted by atomic mass is 35.5. The van der Waals surface area contributed by atoms with Crippen molar-refractivity contribution in [3.05, 3.63) is 58.5 Å². The normalized spacial score (nSPS) is 14.5. The van der Waals surface area contributed by atoms with E-state index in [0.717, 1.165) is 54.3 Å². The van der Waals surface area contributed by atoms with Gasteiger partial charge < -0.3 is 4.74 Å². The molecule has 0 bridgehead atoms. The lowest BCUT2D eigenvalue weighted by atomic mass is 10.2. The molecule has 1 aliphatic heterocycles. The summed E-state index contributed by atoms with van der Waals surface area (Å²) in [7, 11) is 0. The first-order valence-corrected chi connectivity index (χ1v) is 11.8. The third kappa shape index (κ3) is 4.58. The van der Waals surface area contributed by atoms with Gasteiger partial charge in [-0.3, -0.25) is 19.0 Å². The molecule has 1 fully saturated rings. The molecule has 33 heavy (non-hydrogen) atoms. The molecule has 0 spiro atoms. The molecule has 0 atom stereocenters. The fourth-order valence-electron chi connectivity index (χ4n) is 4.06. The standard InChI is InChI=1S/C23H24ClN5O2S.ClH/c1-15-6-7-17(24)21-19(15)26-23(32-21)29(10-9-27-11-13-31-14-12-27)22(30)20-16(2)25-18-5-3-4-8-28(18)20;/h3-8H,9-14H2,1-2H3;1H. The second kappa shape index (κ2) is 9.95. The van der Waals surface area contributed by atoms with Gasteiger partial charge in [0.1, 0.15) is 11.3 Å². The number of amides is 1. The van der Waals surface area contributed by atoms with E-state index in [1.54, 1.807) is 4.90 Å². The Labute approximate surface area is 207 Å². The zero-order valence-electron chi connectivity index (χ0n) is 18.5. The summed E-state index contributed by atoms with van der Waals surface area (Å²) >= 11 is 7.92. The predicted molar refractivity (Wildman–Crippen MR) is 135 cm³/mol. The lowest BCUT2D eigenvalue weighted by molar-refractivity contribution is 0.0391. The van der Waals surface area contributed by atoms with Crippen molar-refractivity contribution in [1.82, 2.24) is 19.3 Å². The molecule has 4 aromatic rings. The van der Waals surface area contributed by atoms with Gasteiger partial charge in [0.2, 0.25) is 0 Å². The topological polar surface area (TPSA) is 63.0 Å². The van der Waals surface area contributed by atoms with Crippen molar-refractivity contribution in [2.75, 3.05) is 44.3 Å². The number of morpholine rings is 1. The van der Waals surface area contributed by atoms with Gasteiger partial charge in [0.15, 0.2) is 5.13 Å². The number of carbonyl (C=O) groups excluding carboxylic acids is 1. The molecule has 10 heteroatoms. The number of pyridine rings is 1. The van der Waals surface area contributed by atoms with Crippen LogP contribution in [0.1, 0.15) is 21.7 Å². The Morgan fingerprint density at radius 1 is 1.18 bits per heavy atom. The van der Waals surface area contributed by atoms with Crippen LogP contribution >= 0.6 is 35.3 Å². The van der Waals surface area contributed by atoms with Crippen molar-refractivity contribution in [2.45, 2.75) is 13.8 Å². The van der Waals surface area contributed by atoms with Gasteiger partial charge in [-0.2, -0.15) is 0 Å². The van der Waals surface area contributed by atoms with Crippen molar-refractivity contribution in [3.8, 4) is 0 Å². The predicted octanol–water partition coefficient (Wildman–Crippen LogP) is 4.62. The number of ether oxygens (including phenoxy) is 1. The van der Waals surface area contributed by atoms with E-state index in [0.29, 0.717) is 28.1 Å². The second-order valence-corrected chi connectivity index (χ2v) is 9.31. The van der Waals surface area contributed by atoms with Crippen LogP contribution in [0.2, 0.25) is 5.02 Å². The van der Waals surface area contributed by atoms with E-state index in [1.165, 1.54) is 11.3 Å². The third-order valence-electron chi connectivity index (χ3n) is 5.81. The molecule has 5 rings (SSSR count). The summed E-state index contributed by atoms with van der Waals surface area (Å²) in [6.45, 7) is 8.31. The Morgan fingerprint density at radius 2 is 1.97 bits per heavy atom. The lowest BCUT2D eigenvalue weighted by Gasteiger charge is -2.29. The lowest BCUT2D eigenvalue weighted by Crippen LogP contribution is -2.43. The first-order chi connectivity index (χ1) is 15.5. The first-order valence-electron chi connectivity index (χ1n) is 10.6. The van der Waals surface area contributed by atoms with Gasteiger partial charge in [-0.1, -0.05) is 35.1 Å². The van der Waals surface area contributed by atoms with Crippen molar-refractivity contribution in [2.24, 2.45) is 0 Å². The number of thiazole rings is 1. The average Bonchev–Trinajstić information content (AvgIpc) is 3.39. The number of nitrogens with zero attached hydrogens (tertiary/aromatic N) is 5. The van der Waals surface area contributed by atoms with Gasteiger partial charge in [-0.15, -0.1) is 12.4 Å². The first kappa shape index (κ1) is 23.9. The monoisotopic (exact) mass is 505 g/mol. The summed E-state index contributed by atoms with van der Waals surface area (Å²) in [6.07, 6.45) is 1.88. The maximum atomic E-state index is 13.9. The zero-order chi connectivity index (χ0) is 22.2. The maximum Gasteiger partial charge on any atom is 0.279 e. The Kier molecular flexibility index (Phi) is 7.21. The molecule has 0 unspecified atom stereocenters. The molecule has 7 nitrogen and oxygen atoms in total. The minimum absolute atomic E-state index is 0. The van der Waals surface area contributed by atoms with Crippen LogP contribution in [0.3, 0.4) is 0 Å². The van der Waals surface area contributed by atoms with E-state index in [1.807, 2.05) is 54.8 Å². The number of anilines is 1. The highest BCUT2D eigenvalue weighted by molar-refractivity contribution is 7.23. The van der Waals surface area contributed by atoms with Crippen molar-refractivity contribution in [1.29, 1.82) is 0 Å². The van der Waals surface area contributed by atoms with Gasteiger partial charge in [-0.25, -0.2) is 9.97 Å². The summed E-state index contributed by atoms with van der Waals surface area (Å²) in [5, 5.41) is 1.31. The number of fused-ring (bicyclic) bond motifs is 2. The van der Waals surface area contributed by atoms with Gasteiger partial charge in [0, 0.05) is 32.4 Å². The molecule has 0 radical (unpaired) electrons. The number of aryl methyl sites for hydroxylation is 2. The molecule has 0 aliphatic carbocycles. The Morgan fingerprint density at radius 3 is 2.73 bits per heavy atom. The van der Waals surface area contributed by atoms with Gasteiger partial charge in [0.05, 0.1) is 34.1 Å². The SMILES string of the molecule is Cc1nc2ccccn2c1C(=O)N(CCN1CCOCC1)c1nc2c(C)ccc(Cl)c2s1.Cl. The zero-order valence-corrected chi connectivity index (χ0v) is 20.8. The average molecular weight is 506 g/mol. The summed E-state index contributed by atoms with van der Waals surface area (Å²) in [4.78, 5) is 27.4. The molecule has 174 valence electrons. The molecular weight excluding hydrogens is 481 g/mol. The number of carbonyl (C=O) groups is 1. The van der Waals surface area contributed by atoms with Crippen molar-refractivity contribution >= 4 is 62.2 Å². The van der Waals surface area contributed by atoms with Crippen LogP contribution in [-0.2, 0) is 4.74 Å². The fourth-order valence-corrected chi connectivity index (χ4v) is 5.40.